The maximum absolute atomic E-state index is 11.9. The van der Waals surface area contributed by atoms with Crippen molar-refractivity contribution in [1.82, 2.24) is 5.32 Å². The van der Waals surface area contributed by atoms with Gasteiger partial charge in [-0.05, 0) is 48.6 Å². The van der Waals surface area contributed by atoms with Crippen LogP contribution < -0.4 is 10.1 Å². The van der Waals surface area contributed by atoms with Gasteiger partial charge in [0.15, 0.2) is 6.61 Å². The molecule has 0 bridgehead atoms. The Labute approximate surface area is 137 Å². The second-order valence-electron chi connectivity index (χ2n) is 6.02. The van der Waals surface area contributed by atoms with Crippen molar-refractivity contribution in [1.29, 1.82) is 0 Å². The summed E-state index contributed by atoms with van der Waals surface area (Å²) >= 11 is 0. The third-order valence-electron chi connectivity index (χ3n) is 3.65. The Morgan fingerprint density at radius 3 is 2.83 bits per heavy atom. The van der Waals surface area contributed by atoms with Gasteiger partial charge in [-0.25, -0.2) is 0 Å². The number of benzene rings is 1. The van der Waals surface area contributed by atoms with E-state index in [4.69, 9.17) is 9.15 Å². The van der Waals surface area contributed by atoms with Crippen LogP contribution in [0.1, 0.15) is 43.1 Å². The zero-order valence-corrected chi connectivity index (χ0v) is 14.1. The molecule has 1 N–H and O–H groups in total. The highest BCUT2D eigenvalue weighted by atomic mass is 16.5. The maximum atomic E-state index is 11.9. The lowest BCUT2D eigenvalue weighted by Gasteiger charge is -2.14. The number of rotatable bonds is 8. The first kappa shape index (κ1) is 17.1. The lowest BCUT2D eigenvalue weighted by molar-refractivity contribution is -0.123. The Bertz CT molecular complexity index is 618. The summed E-state index contributed by atoms with van der Waals surface area (Å²) in [5, 5.41) is 2.87. The van der Waals surface area contributed by atoms with Gasteiger partial charge in [0, 0.05) is 13.0 Å². The van der Waals surface area contributed by atoms with E-state index < -0.39 is 0 Å². The molecule has 0 aliphatic carbocycles. The second-order valence-corrected chi connectivity index (χ2v) is 6.02. The smallest absolute Gasteiger partial charge is 0.257 e. The molecule has 1 aromatic carbocycles. The fourth-order valence-electron chi connectivity index (χ4n) is 2.38. The van der Waals surface area contributed by atoms with Gasteiger partial charge in [-0.2, -0.15) is 0 Å². The quantitative estimate of drug-likeness (QED) is 0.753. The van der Waals surface area contributed by atoms with Crippen LogP contribution in [0.15, 0.2) is 41.0 Å². The van der Waals surface area contributed by atoms with E-state index in [1.54, 1.807) is 6.26 Å². The predicted molar refractivity (Wildman–Crippen MR) is 90.8 cm³/mol. The topological polar surface area (TPSA) is 51.5 Å². The number of ether oxygens (including phenoxy) is 1. The van der Waals surface area contributed by atoms with Crippen LogP contribution in [0.3, 0.4) is 0 Å². The first-order valence-corrected chi connectivity index (χ1v) is 8.08. The van der Waals surface area contributed by atoms with Gasteiger partial charge < -0.3 is 14.5 Å². The highest BCUT2D eigenvalue weighted by Crippen LogP contribution is 2.27. The summed E-state index contributed by atoms with van der Waals surface area (Å²) in [4.78, 5) is 11.9. The molecule has 2 aromatic rings. The van der Waals surface area contributed by atoms with Crippen LogP contribution in [0.4, 0.5) is 0 Å². The minimum Gasteiger partial charge on any atom is -0.483 e. The molecule has 0 saturated heterocycles. The van der Waals surface area contributed by atoms with Crippen molar-refractivity contribution in [2.24, 2.45) is 0 Å². The monoisotopic (exact) mass is 315 g/mol. The van der Waals surface area contributed by atoms with E-state index in [2.05, 4.69) is 31.3 Å². The molecule has 4 heteroatoms. The summed E-state index contributed by atoms with van der Waals surface area (Å²) in [6, 6.07) is 9.93. The van der Waals surface area contributed by atoms with E-state index in [0.717, 1.165) is 35.5 Å². The molecule has 23 heavy (non-hydrogen) atoms. The molecule has 0 fully saturated rings. The largest absolute Gasteiger partial charge is 0.483 e. The Kier molecular flexibility index (Phi) is 6.27. The van der Waals surface area contributed by atoms with Gasteiger partial charge in [-0.1, -0.05) is 26.0 Å². The molecule has 0 unspecified atom stereocenters. The molecular weight excluding hydrogens is 290 g/mol. The van der Waals surface area contributed by atoms with Crippen LogP contribution >= 0.6 is 0 Å². The summed E-state index contributed by atoms with van der Waals surface area (Å²) < 4.78 is 11.0. The van der Waals surface area contributed by atoms with Crippen LogP contribution in [0.5, 0.6) is 5.75 Å². The molecule has 1 heterocycles. The fourth-order valence-corrected chi connectivity index (χ4v) is 2.38. The lowest BCUT2D eigenvalue weighted by Crippen LogP contribution is -2.30. The van der Waals surface area contributed by atoms with Crippen molar-refractivity contribution in [2.45, 2.75) is 39.5 Å². The van der Waals surface area contributed by atoms with Gasteiger partial charge in [-0.15, -0.1) is 0 Å². The number of carbonyl (C=O) groups excluding carboxylic acids is 1. The molecule has 0 spiro atoms. The van der Waals surface area contributed by atoms with Gasteiger partial charge in [0.25, 0.3) is 5.91 Å². The Balaban J connectivity index is 1.74. The van der Waals surface area contributed by atoms with Crippen LogP contribution in [-0.4, -0.2) is 19.1 Å². The van der Waals surface area contributed by atoms with E-state index in [1.165, 1.54) is 0 Å². The van der Waals surface area contributed by atoms with Crippen molar-refractivity contribution >= 4 is 5.91 Å². The Morgan fingerprint density at radius 2 is 2.13 bits per heavy atom. The van der Waals surface area contributed by atoms with E-state index in [1.807, 2.05) is 25.1 Å². The van der Waals surface area contributed by atoms with E-state index in [-0.39, 0.29) is 12.5 Å². The molecule has 1 amide bonds. The normalized spacial score (nSPS) is 10.8. The molecule has 0 atom stereocenters. The average Bonchev–Trinajstić information content (AvgIpc) is 3.02. The molecule has 0 saturated carbocycles. The summed E-state index contributed by atoms with van der Waals surface area (Å²) in [5.41, 5.74) is 2.25. The zero-order chi connectivity index (χ0) is 16.7. The summed E-state index contributed by atoms with van der Waals surface area (Å²) in [6.07, 6.45) is 3.33. The van der Waals surface area contributed by atoms with Gasteiger partial charge in [0.05, 0.1) is 6.26 Å². The number of aryl methyl sites for hydroxylation is 2. The minimum atomic E-state index is -0.0966. The third kappa shape index (κ3) is 5.47. The maximum Gasteiger partial charge on any atom is 0.257 e. The van der Waals surface area contributed by atoms with Crippen molar-refractivity contribution in [3.8, 4) is 5.75 Å². The second kappa shape index (κ2) is 8.42. The highest BCUT2D eigenvalue weighted by molar-refractivity contribution is 5.77. The lowest BCUT2D eigenvalue weighted by atomic mass is 10.0. The Hall–Kier alpha value is -2.23. The predicted octanol–water partition coefficient (Wildman–Crippen LogP) is 3.84. The molecule has 4 nitrogen and oxygen atoms in total. The number of furan rings is 1. The number of hydrogen-bond donors (Lipinski definition) is 1. The first-order chi connectivity index (χ1) is 11.1. The van der Waals surface area contributed by atoms with Crippen LogP contribution in [0.25, 0.3) is 0 Å². The first-order valence-electron chi connectivity index (χ1n) is 8.08. The number of amides is 1. The average molecular weight is 315 g/mol. The standard InChI is InChI=1S/C19H25NO3/c1-14(2)17-9-8-15(3)12-18(17)23-13-19(21)20-10-4-6-16-7-5-11-22-16/h5,7-9,11-12,14H,4,6,10,13H2,1-3H3,(H,20,21). The van der Waals surface area contributed by atoms with E-state index in [0.29, 0.717) is 12.5 Å². The number of nitrogens with one attached hydrogen (secondary N) is 1. The van der Waals surface area contributed by atoms with E-state index in [9.17, 15) is 4.79 Å². The number of carbonyl (C=O) groups is 1. The summed E-state index contributed by atoms with van der Waals surface area (Å²) in [7, 11) is 0. The molecule has 0 aliphatic heterocycles. The van der Waals surface area contributed by atoms with Gasteiger partial charge in [0.1, 0.15) is 11.5 Å². The van der Waals surface area contributed by atoms with Gasteiger partial charge >= 0.3 is 0 Å². The van der Waals surface area contributed by atoms with Crippen LogP contribution in [0.2, 0.25) is 0 Å². The molecular formula is C19H25NO3. The fraction of sp³-hybridized carbons (Fsp3) is 0.421. The highest BCUT2D eigenvalue weighted by Gasteiger charge is 2.10. The Morgan fingerprint density at radius 1 is 1.30 bits per heavy atom. The van der Waals surface area contributed by atoms with Crippen molar-refractivity contribution < 1.29 is 13.9 Å². The van der Waals surface area contributed by atoms with Crippen molar-refractivity contribution in [3.63, 3.8) is 0 Å². The SMILES string of the molecule is Cc1ccc(C(C)C)c(OCC(=O)NCCCc2ccco2)c1. The van der Waals surface area contributed by atoms with E-state index >= 15 is 0 Å². The minimum absolute atomic E-state index is 0.0456. The van der Waals surface area contributed by atoms with Gasteiger partial charge in [0.2, 0.25) is 0 Å². The summed E-state index contributed by atoms with van der Waals surface area (Å²) in [5.74, 6) is 2.00. The molecule has 1 aromatic heterocycles. The van der Waals surface area contributed by atoms with Crippen molar-refractivity contribution in [2.75, 3.05) is 13.2 Å². The molecule has 0 aliphatic rings. The molecule has 124 valence electrons. The number of hydrogen-bond acceptors (Lipinski definition) is 3. The molecule has 2 rings (SSSR count). The molecule has 0 radical (unpaired) electrons. The van der Waals surface area contributed by atoms with Gasteiger partial charge in [-0.3, -0.25) is 4.79 Å². The van der Waals surface area contributed by atoms with Crippen molar-refractivity contribution in [3.05, 3.63) is 53.5 Å². The summed E-state index contributed by atoms with van der Waals surface area (Å²) in [6.45, 7) is 6.92. The van der Waals surface area contributed by atoms with Crippen LogP contribution in [0, 0.1) is 6.92 Å². The van der Waals surface area contributed by atoms with Crippen LogP contribution in [-0.2, 0) is 11.2 Å². The third-order valence-corrected chi connectivity index (χ3v) is 3.65. The zero-order valence-electron chi connectivity index (χ0n) is 14.1.